The number of fused-ring (bicyclic) bond motifs is 2. The van der Waals surface area contributed by atoms with Crippen molar-refractivity contribution in [2.45, 2.75) is 52.1 Å². The summed E-state index contributed by atoms with van der Waals surface area (Å²) < 4.78 is 18.8. The van der Waals surface area contributed by atoms with Gasteiger partial charge in [0, 0.05) is 12.5 Å². The molecule has 2 aliphatic carbocycles. The Labute approximate surface area is 161 Å². The van der Waals surface area contributed by atoms with Crippen molar-refractivity contribution in [2.24, 2.45) is 23.2 Å². The molecule has 27 heavy (non-hydrogen) atoms. The Morgan fingerprint density at radius 1 is 1.30 bits per heavy atom. The Kier molecular flexibility index (Phi) is 5.11. The van der Waals surface area contributed by atoms with E-state index in [4.69, 9.17) is 4.74 Å². The van der Waals surface area contributed by atoms with E-state index in [0.29, 0.717) is 12.5 Å². The lowest BCUT2D eigenvalue weighted by Crippen LogP contribution is -2.40. The van der Waals surface area contributed by atoms with Crippen LogP contribution in [0.15, 0.2) is 35.9 Å². The molecule has 1 heterocycles. The van der Waals surface area contributed by atoms with Crippen LogP contribution in [0.3, 0.4) is 0 Å². The highest BCUT2D eigenvalue weighted by atomic mass is 19.1. The van der Waals surface area contributed by atoms with Gasteiger partial charge in [-0.2, -0.15) is 0 Å². The number of nitrogens with one attached hydrogen (secondary N) is 1. The van der Waals surface area contributed by atoms with E-state index in [2.05, 4.69) is 25.2 Å². The number of allylic oxidation sites excluding steroid dienone is 1. The summed E-state index contributed by atoms with van der Waals surface area (Å²) in [6, 6.07) is 6.61. The first-order chi connectivity index (χ1) is 13.0. The zero-order valence-electron chi connectivity index (χ0n) is 16.3. The lowest BCUT2D eigenvalue weighted by atomic mass is 9.59. The van der Waals surface area contributed by atoms with E-state index in [1.165, 1.54) is 31.4 Å². The van der Waals surface area contributed by atoms with Crippen LogP contribution >= 0.6 is 0 Å². The van der Waals surface area contributed by atoms with Crippen LogP contribution in [0.5, 0.6) is 0 Å². The molecule has 3 aliphatic rings. The van der Waals surface area contributed by atoms with E-state index >= 15 is 0 Å². The molecule has 4 heteroatoms. The zero-order chi connectivity index (χ0) is 19.0. The van der Waals surface area contributed by atoms with Crippen molar-refractivity contribution in [3.05, 3.63) is 47.3 Å². The molecule has 1 saturated heterocycles. The van der Waals surface area contributed by atoms with Crippen LogP contribution in [0, 0.1) is 29.0 Å². The van der Waals surface area contributed by atoms with Gasteiger partial charge in [-0.3, -0.25) is 4.79 Å². The van der Waals surface area contributed by atoms with Gasteiger partial charge in [0.25, 0.3) is 0 Å². The van der Waals surface area contributed by atoms with Crippen molar-refractivity contribution in [3.63, 3.8) is 0 Å². The van der Waals surface area contributed by atoms with Gasteiger partial charge in [-0.1, -0.05) is 44.1 Å². The molecule has 4 rings (SSSR count). The average Bonchev–Trinajstić information content (AvgIpc) is 2.92. The molecule has 0 spiro atoms. The molecule has 1 saturated carbocycles. The number of carbonyl (C=O) groups excluding carboxylic acids is 1. The molecule has 1 aromatic carbocycles. The molecule has 1 aliphatic heterocycles. The first-order valence-corrected chi connectivity index (χ1v) is 10.3. The van der Waals surface area contributed by atoms with Crippen molar-refractivity contribution < 1.29 is 13.9 Å². The molecule has 0 radical (unpaired) electrons. The lowest BCUT2D eigenvalue weighted by Gasteiger charge is -2.46. The summed E-state index contributed by atoms with van der Waals surface area (Å²) in [6.45, 7) is 6.11. The third-order valence-corrected chi connectivity index (χ3v) is 6.95. The van der Waals surface area contributed by atoms with Crippen LogP contribution in [0.4, 0.5) is 4.39 Å². The highest BCUT2D eigenvalue weighted by molar-refractivity contribution is 5.76. The Hall–Kier alpha value is -1.68. The summed E-state index contributed by atoms with van der Waals surface area (Å²) in [5.41, 5.74) is 2.87. The summed E-state index contributed by atoms with van der Waals surface area (Å²) >= 11 is 0. The van der Waals surface area contributed by atoms with Crippen LogP contribution in [0.1, 0.15) is 45.1 Å². The van der Waals surface area contributed by atoms with Crippen LogP contribution in [0.2, 0.25) is 0 Å². The van der Waals surface area contributed by atoms with Crippen LogP contribution < -0.4 is 5.32 Å². The molecule has 1 N–H and O–H groups in total. The quantitative estimate of drug-likeness (QED) is 0.477. The van der Waals surface area contributed by atoms with E-state index < -0.39 is 0 Å². The van der Waals surface area contributed by atoms with Crippen molar-refractivity contribution in [1.82, 2.24) is 5.32 Å². The highest BCUT2D eigenvalue weighted by Gasteiger charge is 2.51. The number of benzene rings is 1. The minimum atomic E-state index is -0.208. The van der Waals surface area contributed by atoms with Gasteiger partial charge in [0.2, 0.25) is 0 Å². The number of halogens is 1. The van der Waals surface area contributed by atoms with Gasteiger partial charge in [-0.25, -0.2) is 4.39 Å². The van der Waals surface area contributed by atoms with Gasteiger partial charge in [0.15, 0.2) is 0 Å². The highest BCUT2D eigenvalue weighted by Crippen LogP contribution is 2.53. The summed E-state index contributed by atoms with van der Waals surface area (Å²) in [7, 11) is 0. The monoisotopic (exact) mass is 371 g/mol. The van der Waals surface area contributed by atoms with Gasteiger partial charge < -0.3 is 10.1 Å². The van der Waals surface area contributed by atoms with Crippen molar-refractivity contribution in [3.8, 4) is 0 Å². The molecule has 0 amide bonds. The molecule has 0 aromatic heterocycles. The molecular weight excluding hydrogens is 341 g/mol. The topological polar surface area (TPSA) is 38.3 Å². The van der Waals surface area contributed by atoms with Crippen molar-refractivity contribution in [2.75, 3.05) is 13.1 Å². The third-order valence-electron chi connectivity index (χ3n) is 6.95. The van der Waals surface area contributed by atoms with Crippen molar-refractivity contribution >= 4 is 5.97 Å². The fourth-order valence-corrected chi connectivity index (χ4v) is 5.42. The van der Waals surface area contributed by atoms with Gasteiger partial charge >= 0.3 is 5.97 Å². The number of carbonyl (C=O) groups is 1. The van der Waals surface area contributed by atoms with Gasteiger partial charge in [-0.05, 0) is 61.3 Å². The fraction of sp³-hybridized carbons (Fsp3) is 0.609. The second-order valence-corrected chi connectivity index (χ2v) is 8.92. The predicted molar refractivity (Wildman–Crippen MR) is 104 cm³/mol. The first-order valence-electron chi connectivity index (χ1n) is 10.3. The van der Waals surface area contributed by atoms with Crippen molar-refractivity contribution in [1.29, 1.82) is 0 Å². The smallest absolute Gasteiger partial charge is 0.311 e. The van der Waals surface area contributed by atoms with E-state index in [0.717, 1.165) is 24.9 Å². The van der Waals surface area contributed by atoms with Crippen LogP contribution in [-0.2, 0) is 16.0 Å². The van der Waals surface area contributed by atoms with E-state index in [1.54, 1.807) is 5.57 Å². The third kappa shape index (κ3) is 3.69. The first kappa shape index (κ1) is 18.7. The number of hydrogen-bond donors (Lipinski definition) is 1. The van der Waals surface area contributed by atoms with Gasteiger partial charge in [0.1, 0.15) is 11.9 Å². The van der Waals surface area contributed by atoms with E-state index in [1.807, 2.05) is 12.1 Å². The normalized spacial score (nSPS) is 35.2. The summed E-state index contributed by atoms with van der Waals surface area (Å²) in [6.07, 6.45) is 7.99. The van der Waals surface area contributed by atoms with E-state index in [-0.39, 0.29) is 35.1 Å². The van der Waals surface area contributed by atoms with Crippen LogP contribution in [-0.4, -0.2) is 25.2 Å². The predicted octanol–water partition coefficient (Wildman–Crippen LogP) is 4.27. The molecule has 146 valence electrons. The Morgan fingerprint density at radius 3 is 2.85 bits per heavy atom. The minimum absolute atomic E-state index is 0.0421. The maximum atomic E-state index is 13.0. The molecule has 5 atom stereocenters. The molecule has 0 bridgehead atoms. The largest absolute Gasteiger partial charge is 0.461 e. The number of ether oxygens (including phenoxy) is 1. The van der Waals surface area contributed by atoms with E-state index in [9.17, 15) is 9.18 Å². The molecule has 1 aromatic rings. The number of rotatable bonds is 5. The Balaban J connectivity index is 1.38. The minimum Gasteiger partial charge on any atom is -0.461 e. The molecular formula is C23H30FNO2. The molecule has 2 fully saturated rings. The SMILES string of the molecule is C[C@H]1CCC[C@]2(C)C[C@H]3OC(=O)[C@H](CNCCc4ccc(F)cc4)[C@H]3C=C12. The Bertz CT molecular complexity index is 728. The molecule has 0 unspecified atom stereocenters. The zero-order valence-corrected chi connectivity index (χ0v) is 16.3. The second kappa shape index (κ2) is 7.38. The summed E-state index contributed by atoms with van der Waals surface area (Å²) in [5.74, 6) is 0.480. The van der Waals surface area contributed by atoms with Crippen LogP contribution in [0.25, 0.3) is 0 Å². The van der Waals surface area contributed by atoms with Gasteiger partial charge in [0.05, 0.1) is 5.92 Å². The number of hydrogen-bond acceptors (Lipinski definition) is 3. The summed E-state index contributed by atoms with van der Waals surface area (Å²) in [5, 5.41) is 3.42. The maximum Gasteiger partial charge on any atom is 0.311 e. The summed E-state index contributed by atoms with van der Waals surface area (Å²) in [4.78, 5) is 12.5. The van der Waals surface area contributed by atoms with Gasteiger partial charge in [-0.15, -0.1) is 0 Å². The second-order valence-electron chi connectivity index (χ2n) is 8.92. The Morgan fingerprint density at radius 2 is 2.07 bits per heavy atom. The standard InChI is InChI=1S/C23H30FNO2/c1-15-4-3-10-23(2)13-21-18(12-20(15)23)19(22(26)27-21)14-25-11-9-16-5-7-17(24)8-6-16/h5-8,12,15,18-19,21,25H,3-4,9-11,13-14H2,1-2H3/t15-,18+,19+,21+,23+/m0/s1. The average molecular weight is 371 g/mol. The lowest BCUT2D eigenvalue weighted by molar-refractivity contribution is -0.145. The number of esters is 1. The maximum absolute atomic E-state index is 13.0. The fourth-order valence-electron chi connectivity index (χ4n) is 5.42. The molecule has 3 nitrogen and oxygen atoms in total.